The van der Waals surface area contributed by atoms with Crippen molar-refractivity contribution in [2.45, 2.75) is 25.8 Å². The number of fused-ring (bicyclic) bond motifs is 1. The Kier molecular flexibility index (Phi) is 10.3. The van der Waals surface area contributed by atoms with Crippen LogP contribution in [0.4, 0.5) is 4.79 Å². The fraction of sp³-hybridized carbons (Fsp3) is 0.464. The van der Waals surface area contributed by atoms with Gasteiger partial charge in [-0.05, 0) is 25.5 Å². The van der Waals surface area contributed by atoms with Gasteiger partial charge in [0.15, 0.2) is 6.61 Å². The predicted octanol–water partition coefficient (Wildman–Crippen LogP) is -0.164. The van der Waals surface area contributed by atoms with Crippen molar-refractivity contribution in [3.8, 4) is 5.75 Å². The second-order valence-corrected chi connectivity index (χ2v) is 9.95. The third-order valence-corrected chi connectivity index (χ3v) is 7.02. The molecule has 5 amide bonds. The molecule has 15 heteroatoms. The van der Waals surface area contributed by atoms with E-state index in [0.29, 0.717) is 24.0 Å². The Morgan fingerprint density at radius 2 is 1.77 bits per heavy atom. The van der Waals surface area contributed by atoms with E-state index in [1.165, 1.54) is 20.8 Å². The van der Waals surface area contributed by atoms with Crippen molar-refractivity contribution in [3.63, 3.8) is 0 Å². The Hall–Kier alpha value is -4.95. The van der Waals surface area contributed by atoms with Crippen LogP contribution >= 0.6 is 0 Å². The fourth-order valence-corrected chi connectivity index (χ4v) is 4.76. The number of pyridine rings is 1. The molecule has 0 aliphatic carbocycles. The molecule has 2 fully saturated rings. The predicted molar refractivity (Wildman–Crippen MR) is 150 cm³/mol. The van der Waals surface area contributed by atoms with Crippen LogP contribution in [0.3, 0.4) is 0 Å². The zero-order chi connectivity index (χ0) is 30.9. The van der Waals surface area contributed by atoms with Gasteiger partial charge in [-0.15, -0.1) is 0 Å². The number of aromatic nitrogens is 1. The molecule has 43 heavy (non-hydrogen) atoms. The number of nitrogens with zero attached hydrogens (tertiary/aromatic N) is 4. The SMILES string of the molecule is CCOC(=O)N1CCN(C(=O)C(CCC(=O)O)NC(=O)c2cc(OCC(=O)N3CCNC(=O)C3)c3ccccc3n2)CC1. The summed E-state index contributed by atoms with van der Waals surface area (Å²) < 4.78 is 10.8. The van der Waals surface area contributed by atoms with Crippen LogP contribution in [-0.4, -0.2) is 126 Å². The molecule has 3 heterocycles. The Bertz CT molecular complexity index is 1390. The largest absolute Gasteiger partial charge is 0.483 e. The normalized spacial score (nSPS) is 15.8. The van der Waals surface area contributed by atoms with Gasteiger partial charge in [-0.1, -0.05) is 12.1 Å². The lowest BCUT2D eigenvalue weighted by atomic mass is 10.1. The Morgan fingerprint density at radius 3 is 2.47 bits per heavy atom. The minimum absolute atomic E-state index is 0.0728. The molecule has 1 aromatic heterocycles. The van der Waals surface area contributed by atoms with Crippen LogP contribution < -0.4 is 15.4 Å². The molecule has 0 saturated carbocycles. The van der Waals surface area contributed by atoms with Gasteiger partial charge in [-0.25, -0.2) is 9.78 Å². The Morgan fingerprint density at radius 1 is 1.05 bits per heavy atom. The van der Waals surface area contributed by atoms with Gasteiger partial charge >= 0.3 is 12.1 Å². The van der Waals surface area contributed by atoms with E-state index in [1.54, 1.807) is 31.2 Å². The summed E-state index contributed by atoms with van der Waals surface area (Å²) in [6.45, 7) is 3.02. The zero-order valence-corrected chi connectivity index (χ0v) is 23.7. The maximum absolute atomic E-state index is 13.4. The summed E-state index contributed by atoms with van der Waals surface area (Å²) in [5.74, 6) is -2.80. The lowest BCUT2D eigenvalue weighted by Crippen LogP contribution is -2.56. The minimum Gasteiger partial charge on any atom is -0.483 e. The number of piperazine rings is 2. The van der Waals surface area contributed by atoms with Gasteiger partial charge in [-0.2, -0.15) is 0 Å². The summed E-state index contributed by atoms with van der Waals surface area (Å²) in [4.78, 5) is 83.1. The first-order valence-electron chi connectivity index (χ1n) is 14.0. The molecule has 0 radical (unpaired) electrons. The van der Waals surface area contributed by atoms with Crippen molar-refractivity contribution in [1.29, 1.82) is 0 Å². The molecule has 15 nitrogen and oxygen atoms in total. The first-order chi connectivity index (χ1) is 20.7. The summed E-state index contributed by atoms with van der Waals surface area (Å²) in [5, 5.41) is 15.1. The maximum Gasteiger partial charge on any atom is 0.409 e. The molecule has 0 bridgehead atoms. The topological polar surface area (TPSA) is 188 Å². The number of carbonyl (C=O) groups excluding carboxylic acids is 5. The highest BCUT2D eigenvalue weighted by atomic mass is 16.6. The van der Waals surface area contributed by atoms with Gasteiger partial charge in [-0.3, -0.25) is 24.0 Å². The monoisotopic (exact) mass is 598 g/mol. The first kappa shape index (κ1) is 31.0. The molecule has 2 saturated heterocycles. The molecule has 3 N–H and O–H groups in total. The molecule has 4 rings (SSSR count). The number of hydrogen-bond donors (Lipinski definition) is 3. The van der Waals surface area contributed by atoms with Gasteiger partial charge in [0.25, 0.3) is 11.8 Å². The lowest BCUT2D eigenvalue weighted by molar-refractivity contribution is -0.139. The average Bonchev–Trinajstić information content (AvgIpc) is 3.01. The van der Waals surface area contributed by atoms with E-state index in [1.807, 2.05) is 0 Å². The van der Waals surface area contributed by atoms with Gasteiger partial charge in [0.1, 0.15) is 17.5 Å². The van der Waals surface area contributed by atoms with Crippen LogP contribution in [0.1, 0.15) is 30.3 Å². The van der Waals surface area contributed by atoms with E-state index in [0.717, 1.165) is 0 Å². The highest BCUT2D eigenvalue weighted by molar-refractivity contribution is 5.99. The number of amides is 5. The minimum atomic E-state index is -1.16. The van der Waals surface area contributed by atoms with Crippen molar-refractivity contribution in [3.05, 3.63) is 36.0 Å². The molecule has 1 unspecified atom stereocenters. The molecule has 2 aromatic rings. The molecule has 1 atom stereocenters. The zero-order valence-electron chi connectivity index (χ0n) is 23.7. The summed E-state index contributed by atoms with van der Waals surface area (Å²) in [6, 6.07) is 7.02. The van der Waals surface area contributed by atoms with Crippen LogP contribution in [0.5, 0.6) is 5.75 Å². The molecular formula is C28H34N6O9. The molecule has 2 aliphatic rings. The van der Waals surface area contributed by atoms with Gasteiger partial charge in [0.05, 0.1) is 18.7 Å². The van der Waals surface area contributed by atoms with Crippen molar-refractivity contribution in [1.82, 2.24) is 30.3 Å². The van der Waals surface area contributed by atoms with E-state index >= 15 is 0 Å². The number of benzene rings is 1. The Balaban J connectivity index is 1.48. The lowest BCUT2D eigenvalue weighted by Gasteiger charge is -2.35. The molecule has 2 aliphatic heterocycles. The number of carboxylic acids is 1. The van der Waals surface area contributed by atoms with E-state index in [9.17, 15) is 33.9 Å². The van der Waals surface area contributed by atoms with Crippen molar-refractivity contribution < 1.29 is 43.3 Å². The van der Waals surface area contributed by atoms with Crippen LogP contribution in [0.15, 0.2) is 30.3 Å². The van der Waals surface area contributed by atoms with Crippen molar-refractivity contribution in [2.24, 2.45) is 0 Å². The van der Waals surface area contributed by atoms with E-state index in [-0.39, 0.29) is 76.1 Å². The molecule has 1 aromatic carbocycles. The quantitative estimate of drug-likeness (QED) is 0.331. The van der Waals surface area contributed by atoms with Crippen LogP contribution in [0, 0.1) is 0 Å². The van der Waals surface area contributed by atoms with Gasteiger partial charge in [0, 0.05) is 57.1 Å². The number of carboxylic acid groups (broad SMARTS) is 1. The second kappa shape index (κ2) is 14.3. The van der Waals surface area contributed by atoms with Crippen LogP contribution in [0.2, 0.25) is 0 Å². The van der Waals surface area contributed by atoms with Gasteiger partial charge < -0.3 is 39.9 Å². The van der Waals surface area contributed by atoms with E-state index in [4.69, 9.17) is 9.47 Å². The fourth-order valence-electron chi connectivity index (χ4n) is 4.76. The number of carbonyl (C=O) groups is 6. The summed E-state index contributed by atoms with van der Waals surface area (Å²) >= 11 is 0. The highest BCUT2D eigenvalue weighted by Gasteiger charge is 2.31. The third kappa shape index (κ3) is 8.08. The number of hydrogen-bond acceptors (Lipinski definition) is 9. The van der Waals surface area contributed by atoms with Crippen LogP contribution in [-0.2, 0) is 23.9 Å². The Labute approximate surface area is 247 Å². The standard InChI is InChI=1S/C28H34N6O9/c1-2-42-28(41)33-13-11-32(12-14-33)27(40)20(7-8-25(37)38)31-26(39)21-15-22(18-5-3-4-6-19(18)30-21)43-17-24(36)34-10-9-29-23(35)16-34/h3-6,15,20H,2,7-14,16-17H2,1H3,(H,29,35)(H,31,39)(H,37,38). The maximum atomic E-state index is 13.4. The number of nitrogens with one attached hydrogen (secondary N) is 2. The number of aliphatic carboxylic acids is 1. The molecular weight excluding hydrogens is 564 g/mol. The van der Waals surface area contributed by atoms with E-state index < -0.39 is 35.8 Å². The third-order valence-electron chi connectivity index (χ3n) is 7.02. The number of para-hydroxylation sites is 1. The van der Waals surface area contributed by atoms with E-state index in [2.05, 4.69) is 15.6 Å². The smallest absolute Gasteiger partial charge is 0.409 e. The summed E-state index contributed by atoms with van der Waals surface area (Å²) in [5.41, 5.74) is 0.303. The summed E-state index contributed by atoms with van der Waals surface area (Å²) in [6.07, 6.45) is -1.00. The molecule has 230 valence electrons. The van der Waals surface area contributed by atoms with Gasteiger partial charge in [0.2, 0.25) is 11.8 Å². The van der Waals surface area contributed by atoms with Crippen molar-refractivity contribution in [2.75, 3.05) is 59.0 Å². The average molecular weight is 599 g/mol. The highest BCUT2D eigenvalue weighted by Crippen LogP contribution is 2.26. The van der Waals surface area contributed by atoms with Crippen molar-refractivity contribution >= 4 is 46.6 Å². The first-order valence-corrected chi connectivity index (χ1v) is 14.0. The van der Waals surface area contributed by atoms with Crippen LogP contribution in [0.25, 0.3) is 10.9 Å². The number of rotatable bonds is 10. The summed E-state index contributed by atoms with van der Waals surface area (Å²) in [7, 11) is 0. The second-order valence-electron chi connectivity index (χ2n) is 9.95. The molecule has 0 spiro atoms. The number of ether oxygens (including phenoxy) is 2.